The molecule has 86 valence electrons. The first-order valence-electron chi connectivity index (χ1n) is 5.55. The van der Waals surface area contributed by atoms with Crippen LogP contribution in [0.3, 0.4) is 0 Å². The molecule has 0 aliphatic heterocycles. The molecule has 1 aromatic heterocycles. The van der Waals surface area contributed by atoms with Crippen molar-refractivity contribution in [1.29, 1.82) is 0 Å². The van der Waals surface area contributed by atoms with Crippen LogP contribution < -0.4 is 0 Å². The third-order valence-corrected chi connectivity index (χ3v) is 3.52. The zero-order valence-corrected chi connectivity index (χ0v) is 9.21. The van der Waals surface area contributed by atoms with Gasteiger partial charge < -0.3 is 9.67 Å². The topological polar surface area (TPSA) is 55.1 Å². The minimum atomic E-state index is -0.979. The number of carboxylic acids is 1. The Labute approximate surface area is 98.5 Å². The van der Waals surface area contributed by atoms with Crippen molar-refractivity contribution in [3.05, 3.63) is 54.1 Å². The highest BCUT2D eigenvalue weighted by Gasteiger charge is 2.46. The molecular weight excluding hydrogens is 216 g/mol. The second kappa shape index (κ2) is 3.45. The van der Waals surface area contributed by atoms with Gasteiger partial charge in [-0.25, -0.2) is 9.78 Å². The summed E-state index contributed by atoms with van der Waals surface area (Å²) in [6.07, 6.45) is 6.29. The summed E-state index contributed by atoms with van der Waals surface area (Å²) in [6.45, 7) is 0. The van der Waals surface area contributed by atoms with Crippen molar-refractivity contribution < 1.29 is 9.90 Å². The Kier molecular flexibility index (Phi) is 2.04. The van der Waals surface area contributed by atoms with Crippen LogP contribution in [0.15, 0.2) is 43.0 Å². The molecule has 4 nitrogen and oxygen atoms in total. The molecule has 1 atom stereocenters. The molecule has 0 fully saturated rings. The van der Waals surface area contributed by atoms with Gasteiger partial charge in [-0.3, -0.25) is 0 Å². The van der Waals surface area contributed by atoms with E-state index in [4.69, 9.17) is 0 Å². The lowest BCUT2D eigenvalue weighted by molar-refractivity contribution is -0.145. The van der Waals surface area contributed by atoms with Gasteiger partial charge in [0.1, 0.15) is 0 Å². The normalized spacial score (nSPS) is 22.4. The highest BCUT2D eigenvalue weighted by molar-refractivity contribution is 5.83. The van der Waals surface area contributed by atoms with Crippen LogP contribution in [-0.2, 0) is 16.8 Å². The number of aromatic nitrogens is 2. The van der Waals surface area contributed by atoms with Crippen LogP contribution >= 0.6 is 0 Å². The predicted molar refractivity (Wildman–Crippen MR) is 61.7 cm³/mol. The van der Waals surface area contributed by atoms with Gasteiger partial charge in [0.15, 0.2) is 5.54 Å². The first kappa shape index (κ1) is 10.1. The van der Waals surface area contributed by atoms with Crippen molar-refractivity contribution >= 4 is 5.97 Å². The van der Waals surface area contributed by atoms with Gasteiger partial charge in [-0.15, -0.1) is 0 Å². The molecule has 0 spiro atoms. The maximum Gasteiger partial charge on any atom is 0.334 e. The first-order valence-corrected chi connectivity index (χ1v) is 5.55. The molecule has 3 rings (SSSR count). The minimum Gasteiger partial charge on any atom is -0.479 e. The third kappa shape index (κ3) is 1.24. The zero-order valence-electron chi connectivity index (χ0n) is 9.21. The molecule has 1 aliphatic rings. The van der Waals surface area contributed by atoms with Crippen LogP contribution in [0.2, 0.25) is 0 Å². The van der Waals surface area contributed by atoms with E-state index < -0.39 is 11.5 Å². The van der Waals surface area contributed by atoms with Crippen molar-refractivity contribution in [3.63, 3.8) is 0 Å². The Morgan fingerprint density at radius 1 is 1.41 bits per heavy atom. The van der Waals surface area contributed by atoms with Crippen LogP contribution in [0.4, 0.5) is 0 Å². The van der Waals surface area contributed by atoms with E-state index in [-0.39, 0.29) is 0 Å². The number of carbonyl (C=O) groups is 1. The molecule has 2 aromatic rings. The Bertz CT molecular complexity index is 563. The molecule has 4 heteroatoms. The van der Waals surface area contributed by atoms with E-state index in [1.807, 2.05) is 24.3 Å². The van der Waals surface area contributed by atoms with Crippen molar-refractivity contribution in [1.82, 2.24) is 9.55 Å². The molecule has 1 N–H and O–H groups in total. The van der Waals surface area contributed by atoms with Crippen molar-refractivity contribution in [3.8, 4) is 0 Å². The zero-order chi connectivity index (χ0) is 11.9. The summed E-state index contributed by atoms with van der Waals surface area (Å²) >= 11 is 0. The van der Waals surface area contributed by atoms with E-state index in [0.29, 0.717) is 6.42 Å². The molecule has 0 saturated heterocycles. The van der Waals surface area contributed by atoms with Crippen LogP contribution in [-0.4, -0.2) is 20.6 Å². The summed E-state index contributed by atoms with van der Waals surface area (Å²) in [5.41, 5.74) is 1.02. The van der Waals surface area contributed by atoms with Crippen LogP contribution in [0, 0.1) is 0 Å². The number of fused-ring (bicyclic) bond motifs is 1. The lowest BCUT2D eigenvalue weighted by Gasteiger charge is -2.27. The molecule has 1 heterocycles. The van der Waals surface area contributed by atoms with Crippen molar-refractivity contribution in [2.45, 2.75) is 18.4 Å². The largest absolute Gasteiger partial charge is 0.479 e. The van der Waals surface area contributed by atoms with E-state index in [1.165, 1.54) is 0 Å². The van der Waals surface area contributed by atoms with E-state index in [9.17, 15) is 9.90 Å². The highest BCUT2D eigenvalue weighted by atomic mass is 16.4. The molecule has 1 unspecified atom stereocenters. The number of benzene rings is 1. The molecule has 1 aliphatic carbocycles. The minimum absolute atomic E-state index is 0.581. The van der Waals surface area contributed by atoms with Gasteiger partial charge in [-0.2, -0.15) is 0 Å². The number of hydrogen-bond donors (Lipinski definition) is 1. The molecule has 0 saturated carbocycles. The summed E-state index contributed by atoms with van der Waals surface area (Å²) < 4.78 is 1.70. The fraction of sp³-hybridized carbons (Fsp3) is 0.231. The van der Waals surface area contributed by atoms with Gasteiger partial charge in [0.25, 0.3) is 0 Å². The van der Waals surface area contributed by atoms with Gasteiger partial charge in [-0.1, -0.05) is 24.3 Å². The van der Waals surface area contributed by atoms with Gasteiger partial charge in [0, 0.05) is 12.4 Å². The fourth-order valence-electron chi connectivity index (χ4n) is 2.68. The van der Waals surface area contributed by atoms with Gasteiger partial charge in [-0.05, 0) is 24.0 Å². The van der Waals surface area contributed by atoms with Gasteiger partial charge in [0.2, 0.25) is 0 Å². The quantitative estimate of drug-likeness (QED) is 0.850. The second-order valence-corrected chi connectivity index (χ2v) is 4.29. The highest BCUT2D eigenvalue weighted by Crippen LogP contribution is 2.40. The standard InChI is InChI=1S/C13H12N2O2/c16-12(17)13(15-8-7-14-9-15)6-5-10-3-1-2-4-11(10)13/h1-4,7-9H,5-6H2,(H,16,17). The van der Waals surface area contributed by atoms with Crippen LogP contribution in [0.25, 0.3) is 0 Å². The van der Waals surface area contributed by atoms with Gasteiger partial charge in [0.05, 0.1) is 6.33 Å². The molecule has 0 amide bonds. The number of imidazole rings is 1. The Morgan fingerprint density at radius 3 is 2.94 bits per heavy atom. The number of hydrogen-bond acceptors (Lipinski definition) is 2. The molecule has 17 heavy (non-hydrogen) atoms. The van der Waals surface area contributed by atoms with E-state index in [1.54, 1.807) is 23.3 Å². The monoisotopic (exact) mass is 228 g/mol. The molecular formula is C13H12N2O2. The van der Waals surface area contributed by atoms with Crippen molar-refractivity contribution in [2.75, 3.05) is 0 Å². The van der Waals surface area contributed by atoms with Gasteiger partial charge >= 0.3 is 5.97 Å². The van der Waals surface area contributed by atoms with E-state index in [0.717, 1.165) is 17.5 Å². The van der Waals surface area contributed by atoms with Crippen LogP contribution in [0.1, 0.15) is 17.5 Å². The van der Waals surface area contributed by atoms with E-state index >= 15 is 0 Å². The smallest absolute Gasteiger partial charge is 0.334 e. The Hall–Kier alpha value is -2.10. The second-order valence-electron chi connectivity index (χ2n) is 4.29. The number of carboxylic acid groups (broad SMARTS) is 1. The molecule has 0 radical (unpaired) electrons. The average molecular weight is 228 g/mol. The number of aliphatic carboxylic acids is 1. The lowest BCUT2D eigenvalue weighted by Crippen LogP contribution is -2.40. The summed E-state index contributed by atoms with van der Waals surface area (Å²) in [7, 11) is 0. The summed E-state index contributed by atoms with van der Waals surface area (Å²) in [6, 6.07) is 7.73. The Morgan fingerprint density at radius 2 is 2.24 bits per heavy atom. The molecule has 1 aromatic carbocycles. The number of rotatable bonds is 2. The Balaban J connectivity index is 2.26. The third-order valence-electron chi connectivity index (χ3n) is 3.52. The number of aryl methyl sites for hydroxylation is 1. The first-order chi connectivity index (χ1) is 8.25. The fourth-order valence-corrected chi connectivity index (χ4v) is 2.68. The summed E-state index contributed by atoms with van der Waals surface area (Å²) in [4.78, 5) is 15.7. The molecule has 0 bridgehead atoms. The van der Waals surface area contributed by atoms with Crippen molar-refractivity contribution in [2.24, 2.45) is 0 Å². The van der Waals surface area contributed by atoms with E-state index in [2.05, 4.69) is 4.98 Å². The summed E-state index contributed by atoms with van der Waals surface area (Å²) in [5, 5.41) is 9.63. The maximum atomic E-state index is 11.7. The average Bonchev–Trinajstić information content (AvgIpc) is 2.96. The SMILES string of the molecule is O=C(O)C1(n2ccnc2)CCc2ccccc21. The maximum absolute atomic E-state index is 11.7. The van der Waals surface area contributed by atoms with Crippen LogP contribution in [0.5, 0.6) is 0 Å². The summed E-state index contributed by atoms with van der Waals surface area (Å²) in [5.74, 6) is -0.819. The predicted octanol–water partition coefficient (Wildman–Crippen LogP) is 1.66. The number of nitrogens with zero attached hydrogens (tertiary/aromatic N) is 2. The lowest BCUT2D eigenvalue weighted by atomic mass is 9.91.